The van der Waals surface area contributed by atoms with Crippen LogP contribution in [0.25, 0.3) is 0 Å². The number of carbonyl (C=O) groups is 4. The zero-order valence-corrected chi connectivity index (χ0v) is 14.8. The number of aliphatic carboxylic acids is 3. The van der Waals surface area contributed by atoms with Gasteiger partial charge >= 0.3 is 17.9 Å². The van der Waals surface area contributed by atoms with Crippen LogP contribution in [-0.2, 0) is 19.2 Å². The Morgan fingerprint density at radius 1 is 0.808 bits per heavy atom. The Morgan fingerprint density at radius 2 is 0.962 bits per heavy atom. The molecule has 7 N–H and O–H groups in total. The average Bonchev–Trinajstić information content (AvgIpc) is 2.56. The number of aliphatic hydroxyl groups is 2. The van der Waals surface area contributed by atoms with E-state index >= 15 is 0 Å². The molecule has 1 amide bonds. The first-order valence-electron chi connectivity index (χ1n) is 6.51. The van der Waals surface area contributed by atoms with E-state index < -0.39 is 23.8 Å². The fourth-order valence-corrected chi connectivity index (χ4v) is 0. The third kappa shape index (κ3) is 85.1. The Balaban J connectivity index is -0.0000000712. The van der Waals surface area contributed by atoms with E-state index in [0.717, 1.165) is 12.2 Å². The van der Waals surface area contributed by atoms with Crippen LogP contribution in [0.4, 0.5) is 0 Å². The molecule has 0 aliphatic carbocycles. The van der Waals surface area contributed by atoms with Gasteiger partial charge in [-0.1, -0.05) is 26.3 Å². The number of carboxylic acids is 3. The summed E-state index contributed by atoms with van der Waals surface area (Å²) in [4.78, 5) is 37.9. The Kier molecular flexibility index (Phi) is 35.0. The minimum Gasteiger partial charge on any atom is -0.478 e. The molecule has 0 unspecified atom stereocenters. The smallest absolute Gasteiger partial charge is 0.330 e. The van der Waals surface area contributed by atoms with Crippen LogP contribution in [0, 0.1) is 0 Å². The zero-order chi connectivity index (χ0) is 22.3. The van der Waals surface area contributed by atoms with Gasteiger partial charge in [0, 0.05) is 17.2 Å². The van der Waals surface area contributed by atoms with E-state index in [2.05, 4.69) is 32.0 Å². The van der Waals surface area contributed by atoms with E-state index in [9.17, 15) is 19.2 Å². The summed E-state index contributed by atoms with van der Waals surface area (Å²) in [6.07, 6.45) is 1.89. The SMILES string of the molecule is C=C(C)C(=O)O.C=C(C)C(=O)O.C=CC(=O)O.C=CC(N)=O.OCCO. The molecule has 0 aliphatic rings. The number of nitrogens with two attached hydrogens (primary N) is 1. The number of hydrogen-bond acceptors (Lipinski definition) is 6. The highest BCUT2D eigenvalue weighted by Gasteiger charge is 1.90. The van der Waals surface area contributed by atoms with Gasteiger partial charge in [-0.2, -0.15) is 0 Å². The molecule has 26 heavy (non-hydrogen) atoms. The van der Waals surface area contributed by atoms with Crippen molar-refractivity contribution in [2.75, 3.05) is 13.2 Å². The van der Waals surface area contributed by atoms with Crippen LogP contribution < -0.4 is 5.73 Å². The Morgan fingerprint density at radius 3 is 0.962 bits per heavy atom. The first-order chi connectivity index (χ1) is 11.7. The van der Waals surface area contributed by atoms with Crippen LogP contribution >= 0.6 is 0 Å². The molecule has 0 aliphatic heterocycles. The van der Waals surface area contributed by atoms with Crippen molar-refractivity contribution in [1.82, 2.24) is 0 Å². The molecule has 0 saturated carbocycles. The largest absolute Gasteiger partial charge is 0.478 e. The number of rotatable bonds is 5. The molecule has 0 saturated heterocycles. The molecule has 0 heterocycles. The molecule has 0 aromatic carbocycles. The van der Waals surface area contributed by atoms with Crippen molar-refractivity contribution in [2.45, 2.75) is 13.8 Å². The molecular formula is C16H27NO9. The number of primary amides is 1. The van der Waals surface area contributed by atoms with E-state index in [1.807, 2.05) is 0 Å². The third-order valence-corrected chi connectivity index (χ3v) is 1.21. The summed E-state index contributed by atoms with van der Waals surface area (Å²) >= 11 is 0. The third-order valence-electron chi connectivity index (χ3n) is 1.21. The minimum absolute atomic E-state index is 0.125. The van der Waals surface area contributed by atoms with Crippen molar-refractivity contribution < 1.29 is 44.7 Å². The van der Waals surface area contributed by atoms with Gasteiger partial charge in [-0.25, -0.2) is 14.4 Å². The molecule has 150 valence electrons. The fraction of sp³-hybridized carbons (Fsp3) is 0.250. The summed E-state index contributed by atoms with van der Waals surface area (Å²) < 4.78 is 0. The summed E-state index contributed by atoms with van der Waals surface area (Å²) in [7, 11) is 0. The molecule has 0 rings (SSSR count). The number of hydrogen-bond donors (Lipinski definition) is 6. The summed E-state index contributed by atoms with van der Waals surface area (Å²) in [6.45, 7) is 15.0. The zero-order valence-electron chi connectivity index (χ0n) is 14.8. The second-order valence-corrected chi connectivity index (χ2v) is 3.77. The minimum atomic E-state index is -0.981. The Hall–Kier alpha value is -3.24. The Bertz CT molecular complexity index is 414. The summed E-state index contributed by atoms with van der Waals surface area (Å²) in [6, 6.07) is 0. The van der Waals surface area contributed by atoms with Gasteiger partial charge in [0.25, 0.3) is 0 Å². The van der Waals surface area contributed by atoms with Crippen LogP contribution in [0.1, 0.15) is 13.8 Å². The molecule has 0 aromatic rings. The average molecular weight is 377 g/mol. The summed E-state index contributed by atoms with van der Waals surface area (Å²) in [5.74, 6) is -3.33. The van der Waals surface area contributed by atoms with Crippen LogP contribution in [0.5, 0.6) is 0 Å². The first kappa shape index (κ1) is 34.2. The molecule has 0 bridgehead atoms. The number of carbonyl (C=O) groups excluding carboxylic acids is 1. The lowest BCUT2D eigenvalue weighted by Gasteiger charge is -1.79. The van der Waals surface area contributed by atoms with Crippen molar-refractivity contribution in [2.24, 2.45) is 5.73 Å². The maximum Gasteiger partial charge on any atom is 0.330 e. The predicted molar refractivity (Wildman–Crippen MR) is 96.3 cm³/mol. The summed E-state index contributed by atoms with van der Waals surface area (Å²) in [5.41, 5.74) is 4.89. The number of aliphatic hydroxyl groups excluding tert-OH is 2. The number of carboxylic acid groups (broad SMARTS) is 3. The highest BCUT2D eigenvalue weighted by atomic mass is 16.4. The highest BCUT2D eigenvalue weighted by Crippen LogP contribution is 1.81. The number of amides is 1. The van der Waals surface area contributed by atoms with Crippen molar-refractivity contribution in [3.63, 3.8) is 0 Å². The van der Waals surface area contributed by atoms with Crippen LogP contribution in [-0.4, -0.2) is 62.6 Å². The molecule has 0 aromatic heterocycles. The fourth-order valence-electron chi connectivity index (χ4n) is 0. The lowest BCUT2D eigenvalue weighted by molar-refractivity contribution is -0.133. The first-order valence-corrected chi connectivity index (χ1v) is 6.51. The van der Waals surface area contributed by atoms with Gasteiger partial charge in [0.2, 0.25) is 5.91 Å². The molecule has 0 radical (unpaired) electrons. The molecule has 10 heteroatoms. The van der Waals surface area contributed by atoms with Gasteiger partial charge in [-0.3, -0.25) is 4.79 Å². The molecule has 10 nitrogen and oxygen atoms in total. The van der Waals surface area contributed by atoms with Crippen molar-refractivity contribution in [1.29, 1.82) is 0 Å². The molecular weight excluding hydrogens is 350 g/mol. The second kappa shape index (κ2) is 26.6. The Labute approximate surface area is 151 Å². The molecule has 0 spiro atoms. The van der Waals surface area contributed by atoms with E-state index in [1.165, 1.54) is 13.8 Å². The quantitative estimate of drug-likeness (QED) is 0.362. The summed E-state index contributed by atoms with van der Waals surface area (Å²) in [5, 5.41) is 38.6. The standard InChI is InChI=1S/2C4H6O2.C3H5NO.C3H4O2.C2H6O2/c2*1-3(2)4(5)6;2*1-2-3(4)5;3-1-2-4/h2*1H2,2H3,(H,5,6);2H,1H2,(H2,4,5);2H,1H2,(H,4,5);3-4H,1-2H2. The van der Waals surface area contributed by atoms with Gasteiger partial charge in [0.1, 0.15) is 0 Å². The van der Waals surface area contributed by atoms with Gasteiger partial charge in [-0.05, 0) is 19.9 Å². The van der Waals surface area contributed by atoms with Crippen LogP contribution in [0.3, 0.4) is 0 Å². The predicted octanol–water partition coefficient (Wildman–Crippen LogP) is 0.180. The van der Waals surface area contributed by atoms with Crippen molar-refractivity contribution in [3.8, 4) is 0 Å². The van der Waals surface area contributed by atoms with Gasteiger partial charge in [0.05, 0.1) is 13.2 Å². The van der Waals surface area contributed by atoms with Crippen LogP contribution in [0.15, 0.2) is 49.6 Å². The van der Waals surface area contributed by atoms with Gasteiger partial charge in [0.15, 0.2) is 0 Å². The molecule has 0 fully saturated rings. The molecule has 0 atom stereocenters. The monoisotopic (exact) mass is 377 g/mol. The maximum atomic E-state index is 9.60. The lowest BCUT2D eigenvalue weighted by atomic mass is 10.4. The van der Waals surface area contributed by atoms with E-state index in [4.69, 9.17) is 25.5 Å². The lowest BCUT2D eigenvalue weighted by Crippen LogP contribution is -2.04. The van der Waals surface area contributed by atoms with E-state index in [-0.39, 0.29) is 24.4 Å². The van der Waals surface area contributed by atoms with E-state index in [1.54, 1.807) is 0 Å². The topological polar surface area (TPSA) is 195 Å². The maximum absolute atomic E-state index is 9.60. The van der Waals surface area contributed by atoms with Gasteiger partial charge < -0.3 is 31.3 Å². The van der Waals surface area contributed by atoms with Gasteiger partial charge in [-0.15, -0.1) is 0 Å². The van der Waals surface area contributed by atoms with Crippen LogP contribution in [0.2, 0.25) is 0 Å². The van der Waals surface area contributed by atoms with Crippen molar-refractivity contribution in [3.05, 3.63) is 49.6 Å². The van der Waals surface area contributed by atoms with E-state index in [0.29, 0.717) is 0 Å². The second-order valence-electron chi connectivity index (χ2n) is 3.77. The highest BCUT2D eigenvalue weighted by molar-refractivity contribution is 5.85. The normalized spacial score (nSPS) is 7.08. The van der Waals surface area contributed by atoms with Crippen molar-refractivity contribution >= 4 is 23.8 Å².